The zero-order chi connectivity index (χ0) is 34.2. The van der Waals surface area contributed by atoms with Gasteiger partial charge in [0.25, 0.3) is 0 Å². The van der Waals surface area contributed by atoms with E-state index in [2.05, 4.69) is 144 Å². The Bertz CT molecular complexity index is 3190. The van der Waals surface area contributed by atoms with Crippen molar-refractivity contribution >= 4 is 65.3 Å². The van der Waals surface area contributed by atoms with Crippen molar-refractivity contribution in [3.63, 3.8) is 0 Å². The van der Waals surface area contributed by atoms with Gasteiger partial charge in [-0.15, -0.1) is 0 Å². The quantitative estimate of drug-likeness (QED) is 0.188. The van der Waals surface area contributed by atoms with E-state index in [4.69, 9.17) is 19.4 Å². The van der Waals surface area contributed by atoms with Crippen molar-refractivity contribution in [3.8, 4) is 39.9 Å². The average Bonchev–Trinajstić information content (AvgIpc) is 3.76. The summed E-state index contributed by atoms with van der Waals surface area (Å²) in [7, 11) is 0. The molecule has 242 valence electrons. The minimum Gasteiger partial charge on any atom is -0.456 e. The van der Waals surface area contributed by atoms with E-state index in [9.17, 15) is 0 Å². The summed E-state index contributed by atoms with van der Waals surface area (Å²) in [6.45, 7) is 0. The Morgan fingerprint density at radius 2 is 0.962 bits per heavy atom. The maximum atomic E-state index is 6.64. The Hall–Kier alpha value is -7.11. The molecular weight excluding hydrogens is 637 g/mol. The standard InChI is InChI=1S/C47H28N4O/c1-2-12-31(13-3-1)45-48-46(33-19-18-29-10-4-5-14-32(29)26-33)50-47(49-45)34-20-23-37-38-24-22-35(28-43(38)52-42(37)27-34)51-40-17-9-8-16-39(40)44-36-15-7-6-11-30(36)21-25-41(44)51/h1-28H. The normalized spacial score (nSPS) is 11.8. The van der Waals surface area contributed by atoms with Gasteiger partial charge in [0.05, 0.1) is 11.0 Å². The van der Waals surface area contributed by atoms with Crippen LogP contribution in [0.1, 0.15) is 0 Å². The van der Waals surface area contributed by atoms with Crippen molar-refractivity contribution in [1.82, 2.24) is 19.5 Å². The molecule has 0 aliphatic rings. The summed E-state index contributed by atoms with van der Waals surface area (Å²) >= 11 is 0. The molecule has 8 aromatic carbocycles. The van der Waals surface area contributed by atoms with Gasteiger partial charge in [-0.25, -0.2) is 15.0 Å². The maximum Gasteiger partial charge on any atom is 0.164 e. The van der Waals surface area contributed by atoms with Crippen molar-refractivity contribution in [3.05, 3.63) is 170 Å². The molecule has 0 N–H and O–H groups in total. The lowest BCUT2D eigenvalue weighted by atomic mass is 10.0. The monoisotopic (exact) mass is 664 g/mol. The van der Waals surface area contributed by atoms with E-state index in [-0.39, 0.29) is 0 Å². The van der Waals surface area contributed by atoms with Crippen LogP contribution in [0.25, 0.3) is 105 Å². The highest BCUT2D eigenvalue weighted by Crippen LogP contribution is 2.39. The number of para-hydroxylation sites is 1. The lowest BCUT2D eigenvalue weighted by Crippen LogP contribution is -2.00. The second-order valence-electron chi connectivity index (χ2n) is 13.3. The summed E-state index contributed by atoms with van der Waals surface area (Å²) in [5.41, 5.74) is 7.74. The first-order valence-corrected chi connectivity index (χ1v) is 17.4. The van der Waals surface area contributed by atoms with Crippen LogP contribution in [0.5, 0.6) is 0 Å². The van der Waals surface area contributed by atoms with Gasteiger partial charge in [0.15, 0.2) is 17.5 Å². The first-order valence-electron chi connectivity index (χ1n) is 17.4. The number of aromatic nitrogens is 4. The SMILES string of the molecule is c1ccc(-c2nc(-c3ccc4ccccc4c3)nc(-c3ccc4c(c3)oc3cc(-n5c6ccccc6c6c7ccccc7ccc65)ccc34)n2)cc1. The van der Waals surface area contributed by atoms with Crippen molar-refractivity contribution in [2.45, 2.75) is 0 Å². The number of fused-ring (bicyclic) bond motifs is 9. The van der Waals surface area contributed by atoms with Gasteiger partial charge in [-0.3, -0.25) is 0 Å². The van der Waals surface area contributed by atoms with E-state index in [1.807, 2.05) is 30.3 Å². The smallest absolute Gasteiger partial charge is 0.164 e. The Kier molecular flexibility index (Phi) is 6.18. The lowest BCUT2D eigenvalue weighted by Gasteiger charge is -2.09. The largest absolute Gasteiger partial charge is 0.456 e. The Morgan fingerprint density at radius 3 is 1.79 bits per heavy atom. The molecule has 3 heterocycles. The van der Waals surface area contributed by atoms with Crippen LogP contribution in [0.2, 0.25) is 0 Å². The van der Waals surface area contributed by atoms with Gasteiger partial charge in [-0.2, -0.15) is 0 Å². The molecule has 0 bridgehead atoms. The van der Waals surface area contributed by atoms with Crippen LogP contribution >= 0.6 is 0 Å². The molecule has 0 unspecified atom stereocenters. The van der Waals surface area contributed by atoms with Gasteiger partial charge in [-0.05, 0) is 64.0 Å². The zero-order valence-electron chi connectivity index (χ0n) is 27.9. The van der Waals surface area contributed by atoms with Crippen LogP contribution in [0.4, 0.5) is 0 Å². The minimum atomic E-state index is 0.595. The molecule has 0 amide bonds. The van der Waals surface area contributed by atoms with E-state index in [1.54, 1.807) is 0 Å². The van der Waals surface area contributed by atoms with Crippen molar-refractivity contribution < 1.29 is 4.42 Å². The predicted octanol–water partition coefficient (Wildman–Crippen LogP) is 12.2. The van der Waals surface area contributed by atoms with Crippen molar-refractivity contribution in [2.75, 3.05) is 0 Å². The van der Waals surface area contributed by atoms with Gasteiger partial charge < -0.3 is 8.98 Å². The molecule has 11 aromatic rings. The second-order valence-corrected chi connectivity index (χ2v) is 13.3. The van der Waals surface area contributed by atoms with Crippen molar-refractivity contribution in [2.24, 2.45) is 0 Å². The van der Waals surface area contributed by atoms with Gasteiger partial charge in [0.1, 0.15) is 11.2 Å². The third-order valence-electron chi connectivity index (χ3n) is 10.2. The Balaban J connectivity index is 1.06. The van der Waals surface area contributed by atoms with Crippen LogP contribution in [0.3, 0.4) is 0 Å². The van der Waals surface area contributed by atoms with Crippen LogP contribution in [-0.2, 0) is 0 Å². The highest BCUT2D eigenvalue weighted by Gasteiger charge is 2.18. The molecule has 0 spiro atoms. The molecule has 0 saturated carbocycles. The molecule has 5 heteroatoms. The summed E-state index contributed by atoms with van der Waals surface area (Å²) < 4.78 is 8.99. The molecule has 0 aliphatic heterocycles. The van der Waals surface area contributed by atoms with E-state index in [0.29, 0.717) is 17.5 Å². The fraction of sp³-hybridized carbons (Fsp3) is 0. The maximum absolute atomic E-state index is 6.64. The lowest BCUT2D eigenvalue weighted by molar-refractivity contribution is 0.668. The van der Waals surface area contributed by atoms with Crippen LogP contribution in [0, 0.1) is 0 Å². The molecule has 52 heavy (non-hydrogen) atoms. The van der Waals surface area contributed by atoms with Gasteiger partial charge in [0, 0.05) is 50.0 Å². The molecule has 0 aliphatic carbocycles. The number of hydrogen-bond acceptors (Lipinski definition) is 4. The third-order valence-corrected chi connectivity index (χ3v) is 10.2. The fourth-order valence-electron chi connectivity index (χ4n) is 7.74. The topological polar surface area (TPSA) is 56.7 Å². The molecule has 0 fully saturated rings. The second kappa shape index (κ2) is 11.2. The zero-order valence-corrected chi connectivity index (χ0v) is 27.9. The molecule has 3 aromatic heterocycles. The molecule has 0 saturated heterocycles. The first-order chi connectivity index (χ1) is 25.7. The first kappa shape index (κ1) is 28.7. The minimum absolute atomic E-state index is 0.595. The predicted molar refractivity (Wildman–Crippen MR) is 213 cm³/mol. The van der Waals surface area contributed by atoms with E-state index < -0.39 is 0 Å². The summed E-state index contributed by atoms with van der Waals surface area (Å²) in [4.78, 5) is 15.0. The average molecular weight is 665 g/mol. The Morgan fingerprint density at radius 1 is 0.365 bits per heavy atom. The van der Waals surface area contributed by atoms with E-state index in [0.717, 1.165) is 55.2 Å². The summed E-state index contributed by atoms with van der Waals surface area (Å²) in [6.07, 6.45) is 0. The third kappa shape index (κ3) is 4.46. The highest BCUT2D eigenvalue weighted by atomic mass is 16.3. The van der Waals surface area contributed by atoms with Gasteiger partial charge in [0.2, 0.25) is 0 Å². The number of rotatable bonds is 4. The summed E-state index contributed by atoms with van der Waals surface area (Å²) in [5.74, 6) is 1.85. The van der Waals surface area contributed by atoms with Crippen LogP contribution < -0.4 is 0 Å². The number of hydrogen-bond donors (Lipinski definition) is 0. The van der Waals surface area contributed by atoms with E-state index >= 15 is 0 Å². The number of benzene rings is 8. The summed E-state index contributed by atoms with van der Waals surface area (Å²) in [6, 6.07) is 59.2. The molecule has 0 atom stereocenters. The highest BCUT2D eigenvalue weighted by molar-refractivity contribution is 6.21. The number of furan rings is 1. The van der Waals surface area contributed by atoms with Crippen molar-refractivity contribution in [1.29, 1.82) is 0 Å². The Labute approximate surface area is 298 Å². The molecule has 5 nitrogen and oxygen atoms in total. The number of nitrogens with zero attached hydrogens (tertiary/aromatic N) is 4. The van der Waals surface area contributed by atoms with Crippen LogP contribution in [-0.4, -0.2) is 19.5 Å². The molecular formula is C47H28N4O. The molecule has 11 rings (SSSR count). The summed E-state index contributed by atoms with van der Waals surface area (Å²) in [5, 5.41) is 9.41. The van der Waals surface area contributed by atoms with Gasteiger partial charge in [-0.1, -0.05) is 121 Å². The van der Waals surface area contributed by atoms with E-state index in [1.165, 1.54) is 32.4 Å². The van der Waals surface area contributed by atoms with Gasteiger partial charge >= 0.3 is 0 Å². The molecule has 0 radical (unpaired) electrons. The fourth-order valence-corrected chi connectivity index (χ4v) is 7.74. The van der Waals surface area contributed by atoms with Crippen LogP contribution in [0.15, 0.2) is 174 Å².